The number of piperidine rings is 1. The summed E-state index contributed by atoms with van der Waals surface area (Å²) in [7, 11) is 0. The zero-order chi connectivity index (χ0) is 14.7. The molecule has 1 aromatic heterocycles. The van der Waals surface area contributed by atoms with Crippen LogP contribution in [0.1, 0.15) is 30.1 Å². The average Bonchev–Trinajstić information content (AvgIpc) is 3.00. The van der Waals surface area contributed by atoms with Gasteiger partial charge in [-0.25, -0.2) is 0 Å². The van der Waals surface area contributed by atoms with Crippen LogP contribution in [0.2, 0.25) is 0 Å². The molecule has 0 unspecified atom stereocenters. The van der Waals surface area contributed by atoms with Crippen molar-refractivity contribution in [2.24, 2.45) is 5.92 Å². The van der Waals surface area contributed by atoms with Gasteiger partial charge in [-0.1, -0.05) is 6.92 Å². The van der Waals surface area contributed by atoms with E-state index >= 15 is 0 Å². The Hall–Kier alpha value is -1.39. The first kappa shape index (κ1) is 14.5. The van der Waals surface area contributed by atoms with E-state index in [4.69, 9.17) is 0 Å². The van der Waals surface area contributed by atoms with Gasteiger partial charge in [0.05, 0.1) is 0 Å². The fraction of sp³-hybridized carbons (Fsp3) is 0.471. The maximum atomic E-state index is 12.6. The van der Waals surface area contributed by atoms with Gasteiger partial charge in [-0.05, 0) is 66.9 Å². The molecule has 2 heterocycles. The van der Waals surface area contributed by atoms with Gasteiger partial charge >= 0.3 is 0 Å². The third-order valence-electron chi connectivity index (χ3n) is 4.28. The average molecular weight is 302 g/mol. The summed E-state index contributed by atoms with van der Waals surface area (Å²) in [4.78, 5) is 14.6. The first-order valence-corrected chi connectivity index (χ1v) is 8.63. The van der Waals surface area contributed by atoms with E-state index in [2.05, 4.69) is 29.8 Å². The van der Waals surface area contributed by atoms with Gasteiger partial charge in [-0.3, -0.25) is 4.79 Å². The van der Waals surface area contributed by atoms with Crippen molar-refractivity contribution in [1.82, 2.24) is 10.2 Å². The fourth-order valence-electron chi connectivity index (χ4n) is 2.97. The molecule has 1 N–H and O–H groups in total. The Morgan fingerprint density at radius 1 is 1.33 bits per heavy atom. The standard InChI is InChI=1S/C17H22N2OS/c1-2-18-12-13-5-8-19(9-6-13)17(20)15-3-4-16-14(11-15)7-10-21-16/h3-4,7,10-11,13,18H,2,5-6,8-9,12H2,1H3. The SMILES string of the molecule is CCNCC1CCN(C(=O)c2ccc3sccc3c2)CC1. The number of carbonyl (C=O) groups is 1. The minimum Gasteiger partial charge on any atom is -0.339 e. The highest BCUT2D eigenvalue weighted by molar-refractivity contribution is 7.17. The minimum atomic E-state index is 0.185. The lowest BCUT2D eigenvalue weighted by Gasteiger charge is -2.32. The summed E-state index contributed by atoms with van der Waals surface area (Å²) in [6.07, 6.45) is 2.22. The van der Waals surface area contributed by atoms with Gasteiger partial charge in [0.25, 0.3) is 5.91 Å². The number of nitrogens with one attached hydrogen (secondary N) is 1. The topological polar surface area (TPSA) is 32.3 Å². The van der Waals surface area contributed by atoms with E-state index < -0.39 is 0 Å². The number of hydrogen-bond donors (Lipinski definition) is 1. The molecule has 0 bridgehead atoms. The third-order valence-corrected chi connectivity index (χ3v) is 5.18. The first-order valence-electron chi connectivity index (χ1n) is 7.75. The maximum Gasteiger partial charge on any atom is 0.253 e. The van der Waals surface area contributed by atoms with Gasteiger partial charge in [0, 0.05) is 23.4 Å². The predicted octanol–water partition coefficient (Wildman–Crippen LogP) is 3.36. The molecule has 0 spiro atoms. The predicted molar refractivity (Wildman–Crippen MR) is 89.0 cm³/mol. The van der Waals surface area contributed by atoms with E-state index in [0.717, 1.165) is 44.6 Å². The van der Waals surface area contributed by atoms with Crippen LogP contribution in [0.15, 0.2) is 29.6 Å². The van der Waals surface area contributed by atoms with E-state index in [1.807, 2.05) is 17.0 Å². The number of fused-ring (bicyclic) bond motifs is 1. The van der Waals surface area contributed by atoms with Crippen molar-refractivity contribution in [1.29, 1.82) is 0 Å². The van der Waals surface area contributed by atoms with Crippen molar-refractivity contribution >= 4 is 27.3 Å². The van der Waals surface area contributed by atoms with Crippen molar-refractivity contribution in [2.75, 3.05) is 26.2 Å². The Morgan fingerprint density at radius 3 is 2.90 bits per heavy atom. The van der Waals surface area contributed by atoms with Crippen LogP contribution in [0.4, 0.5) is 0 Å². The molecule has 4 heteroatoms. The van der Waals surface area contributed by atoms with Gasteiger partial charge in [0.2, 0.25) is 0 Å². The molecule has 0 aliphatic carbocycles. The maximum absolute atomic E-state index is 12.6. The zero-order valence-corrected chi connectivity index (χ0v) is 13.3. The molecular weight excluding hydrogens is 280 g/mol. The van der Waals surface area contributed by atoms with Crippen molar-refractivity contribution in [3.05, 3.63) is 35.2 Å². The third kappa shape index (κ3) is 3.27. The molecule has 1 aliphatic rings. The molecule has 3 nitrogen and oxygen atoms in total. The number of likely N-dealkylation sites (tertiary alicyclic amines) is 1. The number of carbonyl (C=O) groups excluding carboxylic acids is 1. The van der Waals surface area contributed by atoms with Gasteiger partial charge in [-0.15, -0.1) is 11.3 Å². The van der Waals surface area contributed by atoms with Crippen LogP contribution in [0.3, 0.4) is 0 Å². The highest BCUT2D eigenvalue weighted by atomic mass is 32.1. The molecule has 0 atom stereocenters. The van der Waals surface area contributed by atoms with E-state index in [9.17, 15) is 4.79 Å². The van der Waals surface area contributed by atoms with E-state index in [0.29, 0.717) is 5.92 Å². The first-order chi connectivity index (χ1) is 10.3. The number of rotatable bonds is 4. The summed E-state index contributed by atoms with van der Waals surface area (Å²) in [5, 5.41) is 6.66. The molecule has 1 amide bonds. The highest BCUT2D eigenvalue weighted by Gasteiger charge is 2.23. The highest BCUT2D eigenvalue weighted by Crippen LogP contribution is 2.24. The number of thiophene rings is 1. The second-order valence-electron chi connectivity index (χ2n) is 5.72. The number of nitrogens with zero attached hydrogens (tertiary/aromatic N) is 1. The summed E-state index contributed by atoms with van der Waals surface area (Å²) in [6.45, 7) is 6.02. The van der Waals surface area contributed by atoms with Crippen molar-refractivity contribution in [3.8, 4) is 0 Å². The van der Waals surface area contributed by atoms with Crippen molar-refractivity contribution < 1.29 is 4.79 Å². The van der Waals surface area contributed by atoms with Crippen LogP contribution in [-0.2, 0) is 0 Å². The van der Waals surface area contributed by atoms with Crippen LogP contribution in [0.5, 0.6) is 0 Å². The Kier molecular flexibility index (Phi) is 4.56. The van der Waals surface area contributed by atoms with Crippen LogP contribution in [0.25, 0.3) is 10.1 Å². The molecule has 1 saturated heterocycles. The van der Waals surface area contributed by atoms with Gasteiger partial charge in [0.15, 0.2) is 0 Å². The van der Waals surface area contributed by atoms with Crippen LogP contribution < -0.4 is 5.32 Å². The molecule has 21 heavy (non-hydrogen) atoms. The van der Waals surface area contributed by atoms with Gasteiger partial charge in [-0.2, -0.15) is 0 Å². The largest absolute Gasteiger partial charge is 0.339 e. The molecule has 1 aromatic carbocycles. The number of benzene rings is 1. The molecule has 0 radical (unpaired) electrons. The molecule has 1 aliphatic heterocycles. The lowest BCUT2D eigenvalue weighted by molar-refractivity contribution is 0.0690. The minimum absolute atomic E-state index is 0.185. The molecular formula is C17H22N2OS. The number of hydrogen-bond acceptors (Lipinski definition) is 3. The molecule has 112 valence electrons. The molecule has 2 aromatic rings. The van der Waals surface area contributed by atoms with Crippen LogP contribution in [0, 0.1) is 5.92 Å². The Labute approximate surface area is 130 Å². The Balaban J connectivity index is 1.63. The monoisotopic (exact) mass is 302 g/mol. The fourth-order valence-corrected chi connectivity index (χ4v) is 3.74. The lowest BCUT2D eigenvalue weighted by Crippen LogP contribution is -2.40. The molecule has 1 fully saturated rings. The summed E-state index contributed by atoms with van der Waals surface area (Å²) in [5.41, 5.74) is 0.825. The Morgan fingerprint density at radius 2 is 2.14 bits per heavy atom. The Bertz CT molecular complexity index is 614. The van der Waals surface area contributed by atoms with E-state index in [1.165, 1.54) is 10.1 Å². The lowest BCUT2D eigenvalue weighted by atomic mass is 9.96. The number of amides is 1. The van der Waals surface area contributed by atoms with E-state index in [-0.39, 0.29) is 5.91 Å². The zero-order valence-electron chi connectivity index (χ0n) is 12.5. The quantitative estimate of drug-likeness (QED) is 0.939. The van der Waals surface area contributed by atoms with Crippen LogP contribution >= 0.6 is 11.3 Å². The van der Waals surface area contributed by atoms with Gasteiger partial charge in [0.1, 0.15) is 0 Å². The smallest absolute Gasteiger partial charge is 0.253 e. The second-order valence-corrected chi connectivity index (χ2v) is 6.66. The van der Waals surface area contributed by atoms with Crippen LogP contribution in [-0.4, -0.2) is 37.0 Å². The summed E-state index contributed by atoms with van der Waals surface area (Å²) in [5.74, 6) is 0.901. The molecule has 0 saturated carbocycles. The van der Waals surface area contributed by atoms with Crippen molar-refractivity contribution in [2.45, 2.75) is 19.8 Å². The molecule has 3 rings (SSSR count). The van der Waals surface area contributed by atoms with Gasteiger partial charge < -0.3 is 10.2 Å². The summed E-state index contributed by atoms with van der Waals surface area (Å²) in [6, 6.07) is 8.13. The normalized spacial score (nSPS) is 16.5. The van der Waals surface area contributed by atoms with Crippen molar-refractivity contribution in [3.63, 3.8) is 0 Å². The van der Waals surface area contributed by atoms with E-state index in [1.54, 1.807) is 11.3 Å². The summed E-state index contributed by atoms with van der Waals surface area (Å²) < 4.78 is 1.25. The summed E-state index contributed by atoms with van der Waals surface area (Å²) >= 11 is 1.72. The second kappa shape index (κ2) is 6.58.